The Hall–Kier alpha value is -4.14. The lowest BCUT2D eigenvalue weighted by molar-refractivity contribution is -0.131. The predicted octanol–water partition coefficient (Wildman–Crippen LogP) is 6.75. The number of aliphatic imine (C=N–C) groups is 1. The molecule has 0 saturated carbocycles. The molecule has 2 N–H and O–H groups in total. The van der Waals surface area contributed by atoms with Gasteiger partial charge in [-0.3, -0.25) is 0 Å². The van der Waals surface area contributed by atoms with Gasteiger partial charge in [-0.2, -0.15) is 0 Å². The number of anilines is 1. The molecule has 3 aromatic carbocycles. The van der Waals surface area contributed by atoms with Gasteiger partial charge in [-0.05, 0) is 58.4 Å². The number of carboxylic acids is 1. The van der Waals surface area contributed by atoms with Crippen molar-refractivity contribution < 1.29 is 19.0 Å². The third-order valence-electron chi connectivity index (χ3n) is 5.71. The average molecular weight is 548 g/mol. The molecule has 2 aliphatic rings. The summed E-state index contributed by atoms with van der Waals surface area (Å²) < 4.78 is 19.2. The van der Waals surface area contributed by atoms with Crippen LogP contribution in [-0.4, -0.2) is 27.3 Å². The molecule has 9 heteroatoms. The Morgan fingerprint density at radius 2 is 1.92 bits per heavy atom. The first-order valence-corrected chi connectivity index (χ1v) is 13.4. The van der Waals surface area contributed by atoms with E-state index in [1.165, 1.54) is 18.2 Å². The van der Waals surface area contributed by atoms with Gasteiger partial charge in [0.25, 0.3) is 0 Å². The Morgan fingerprint density at radius 3 is 2.68 bits per heavy atom. The lowest BCUT2D eigenvalue weighted by Gasteiger charge is -2.28. The number of rotatable bonds is 9. The van der Waals surface area contributed by atoms with Crippen molar-refractivity contribution in [3.05, 3.63) is 129 Å². The van der Waals surface area contributed by atoms with Crippen LogP contribution in [0.1, 0.15) is 11.1 Å². The van der Waals surface area contributed by atoms with E-state index in [0.717, 1.165) is 16.1 Å². The normalized spacial score (nSPS) is 16.3. The number of fused-ring (bicyclic) bond motifs is 1. The van der Waals surface area contributed by atoms with Crippen LogP contribution in [0, 0.1) is 5.82 Å². The third-order valence-corrected chi connectivity index (χ3v) is 7.76. The summed E-state index contributed by atoms with van der Waals surface area (Å²) in [6.45, 7) is 0.794. The van der Waals surface area contributed by atoms with Crippen LogP contribution >= 0.6 is 22.1 Å². The molecule has 0 fully saturated rings. The number of hydrogen-bond acceptors (Lipinski definition) is 5. The lowest BCUT2D eigenvalue weighted by atomic mass is 10.1. The van der Waals surface area contributed by atoms with Crippen LogP contribution in [0.3, 0.4) is 0 Å². The number of hydrogen-bond donors (Lipinski definition) is 2. The summed E-state index contributed by atoms with van der Waals surface area (Å²) in [7, 11) is -0.539. The molecule has 0 amide bonds. The SMILES string of the molecule is O=C(O)C=CS1=C2C(=C(Nc3ccc(OCc4cccc(F)c4)c(Cl)c3)N=CN2Cc2ccccc2)C=C1. The fraction of sp³-hybridized carbons (Fsp3) is 0.0690. The van der Waals surface area contributed by atoms with E-state index in [2.05, 4.69) is 10.3 Å². The molecule has 1 atom stereocenters. The summed E-state index contributed by atoms with van der Waals surface area (Å²) in [6, 6.07) is 21.6. The van der Waals surface area contributed by atoms with E-state index >= 15 is 0 Å². The molecule has 0 saturated heterocycles. The lowest BCUT2D eigenvalue weighted by Crippen LogP contribution is -2.33. The van der Waals surface area contributed by atoms with Gasteiger partial charge in [0.15, 0.2) is 0 Å². The maximum atomic E-state index is 13.4. The van der Waals surface area contributed by atoms with Crippen molar-refractivity contribution in [3.63, 3.8) is 0 Å². The van der Waals surface area contributed by atoms with Crippen molar-refractivity contribution in [1.29, 1.82) is 0 Å². The van der Waals surface area contributed by atoms with Crippen molar-refractivity contribution in [3.8, 4) is 5.75 Å². The minimum atomic E-state index is -0.990. The number of carboxylic acid groups (broad SMARTS) is 1. The average Bonchev–Trinajstić information content (AvgIpc) is 3.34. The molecule has 5 rings (SSSR count). The zero-order chi connectivity index (χ0) is 26.5. The highest BCUT2D eigenvalue weighted by Crippen LogP contribution is 2.37. The molecule has 0 spiro atoms. The number of carbonyl (C=O) groups is 1. The van der Waals surface area contributed by atoms with E-state index < -0.39 is 16.5 Å². The summed E-state index contributed by atoms with van der Waals surface area (Å²) in [5.74, 6) is -0.201. The summed E-state index contributed by atoms with van der Waals surface area (Å²) in [5.41, 5.74) is 3.41. The number of ether oxygens (including phenoxy) is 1. The monoisotopic (exact) mass is 547 g/mol. The van der Waals surface area contributed by atoms with Gasteiger partial charge in [-0.25, -0.2) is 14.2 Å². The Morgan fingerprint density at radius 1 is 1.11 bits per heavy atom. The second kappa shape index (κ2) is 11.5. The maximum absolute atomic E-state index is 13.4. The van der Waals surface area contributed by atoms with Gasteiger partial charge in [0.05, 0.1) is 16.3 Å². The summed E-state index contributed by atoms with van der Waals surface area (Å²) in [6.07, 6.45) is 4.89. The van der Waals surface area contributed by atoms with E-state index in [0.29, 0.717) is 34.4 Å². The van der Waals surface area contributed by atoms with Crippen molar-refractivity contribution in [2.75, 3.05) is 5.32 Å². The highest BCUT2D eigenvalue weighted by atomic mass is 35.5. The standard InChI is InChI=1S/C29H23ClFN3O3S/c30-25-16-23(9-10-26(25)37-18-21-7-4-8-22(31)15-21)33-28-24-11-13-38(14-12-27(35)36)29(24)34(19-32-28)17-20-5-2-1-3-6-20/h1-16,19,33H,17-18H2,(H,35,36). The number of nitrogens with one attached hydrogen (secondary N) is 1. The highest BCUT2D eigenvalue weighted by Gasteiger charge is 2.26. The molecule has 2 aliphatic heterocycles. The second-order valence-electron chi connectivity index (χ2n) is 8.43. The van der Waals surface area contributed by atoms with Gasteiger partial charge >= 0.3 is 5.97 Å². The Balaban J connectivity index is 1.37. The topological polar surface area (TPSA) is 74.2 Å². The molecule has 1 unspecified atom stereocenters. The zero-order valence-electron chi connectivity index (χ0n) is 20.1. The fourth-order valence-electron chi connectivity index (χ4n) is 3.98. The first kappa shape index (κ1) is 25.5. The van der Waals surface area contributed by atoms with Crippen molar-refractivity contribution in [2.45, 2.75) is 13.2 Å². The predicted molar refractivity (Wildman–Crippen MR) is 152 cm³/mol. The van der Waals surface area contributed by atoms with Crippen LogP contribution in [0.15, 0.2) is 112 Å². The minimum Gasteiger partial charge on any atom is -0.487 e. The first-order valence-electron chi connectivity index (χ1n) is 11.7. The summed E-state index contributed by atoms with van der Waals surface area (Å²) in [4.78, 5) is 18.8. The van der Waals surface area contributed by atoms with Crippen molar-refractivity contribution >= 4 is 45.1 Å². The number of halogens is 2. The van der Waals surface area contributed by atoms with E-state index in [9.17, 15) is 9.18 Å². The van der Waals surface area contributed by atoms with Crippen LogP contribution < -0.4 is 10.1 Å². The Bertz CT molecular complexity index is 1530. The molecule has 38 heavy (non-hydrogen) atoms. The Labute approximate surface area is 227 Å². The minimum absolute atomic E-state index is 0.191. The third kappa shape index (κ3) is 6.04. The second-order valence-corrected chi connectivity index (χ2v) is 10.5. The van der Waals surface area contributed by atoms with Crippen LogP contribution in [0.2, 0.25) is 5.02 Å². The molecule has 6 nitrogen and oxygen atoms in total. The van der Waals surface area contributed by atoms with Gasteiger partial charge in [0.1, 0.15) is 24.0 Å². The van der Waals surface area contributed by atoms with E-state index in [-0.39, 0.29) is 12.4 Å². The first-order chi connectivity index (χ1) is 18.5. The number of aliphatic carboxylic acids is 1. The van der Waals surface area contributed by atoms with Crippen LogP contribution in [-0.2, 0) is 17.9 Å². The van der Waals surface area contributed by atoms with Gasteiger partial charge in [-0.15, -0.1) is 10.5 Å². The fourth-order valence-corrected chi connectivity index (χ4v) is 5.91. The molecule has 0 bridgehead atoms. The zero-order valence-corrected chi connectivity index (χ0v) is 21.6. The quantitative estimate of drug-likeness (QED) is 0.229. The van der Waals surface area contributed by atoms with E-state index in [1.807, 2.05) is 52.8 Å². The van der Waals surface area contributed by atoms with Gasteiger partial charge < -0.3 is 20.1 Å². The summed E-state index contributed by atoms with van der Waals surface area (Å²) >= 11 is 6.48. The Kier molecular flexibility index (Phi) is 7.72. The van der Waals surface area contributed by atoms with Crippen LogP contribution in [0.5, 0.6) is 5.75 Å². The van der Waals surface area contributed by atoms with Crippen LogP contribution in [0.25, 0.3) is 0 Å². The highest BCUT2D eigenvalue weighted by molar-refractivity contribution is 8.21. The van der Waals surface area contributed by atoms with Crippen molar-refractivity contribution in [2.24, 2.45) is 4.99 Å². The van der Waals surface area contributed by atoms with E-state index in [1.54, 1.807) is 36.0 Å². The summed E-state index contributed by atoms with van der Waals surface area (Å²) in [5, 5.41) is 16.6. The van der Waals surface area contributed by atoms with Gasteiger partial charge in [0, 0.05) is 23.9 Å². The van der Waals surface area contributed by atoms with Gasteiger partial charge in [-0.1, -0.05) is 54.1 Å². The van der Waals surface area contributed by atoms with Crippen LogP contribution in [0.4, 0.5) is 10.1 Å². The van der Waals surface area contributed by atoms with Gasteiger partial charge in [0.2, 0.25) is 0 Å². The largest absolute Gasteiger partial charge is 0.487 e. The molecule has 192 valence electrons. The molecule has 3 aromatic rings. The smallest absolute Gasteiger partial charge is 0.328 e. The number of benzene rings is 3. The van der Waals surface area contributed by atoms with Crippen molar-refractivity contribution in [1.82, 2.24) is 4.90 Å². The molecular formula is C29H23ClFN3O3S. The molecule has 0 aliphatic carbocycles. The van der Waals surface area contributed by atoms with E-state index in [4.69, 9.17) is 21.4 Å². The maximum Gasteiger partial charge on any atom is 0.328 e. The molecule has 2 heterocycles. The molecule has 0 aromatic heterocycles. The molecular weight excluding hydrogens is 525 g/mol. The number of nitrogens with zero attached hydrogens (tertiary/aromatic N) is 2. The molecule has 0 radical (unpaired) electrons.